The minimum Gasteiger partial charge on any atom is -0.389 e. The van der Waals surface area contributed by atoms with Crippen molar-refractivity contribution in [1.29, 1.82) is 0 Å². The molecular weight excluding hydrogens is 236 g/mol. The molecule has 3 unspecified atom stereocenters. The van der Waals surface area contributed by atoms with E-state index in [0.717, 1.165) is 32.1 Å². The summed E-state index contributed by atoms with van der Waals surface area (Å²) in [6.07, 6.45) is 9.66. The van der Waals surface area contributed by atoms with Gasteiger partial charge in [-0.1, -0.05) is 25.5 Å². The summed E-state index contributed by atoms with van der Waals surface area (Å²) >= 11 is 0. The molecule has 0 spiro atoms. The van der Waals surface area contributed by atoms with Crippen LogP contribution in [0.3, 0.4) is 0 Å². The molecule has 0 amide bonds. The van der Waals surface area contributed by atoms with Crippen LogP contribution in [0.15, 0.2) is 12.2 Å². The Kier molecular flexibility index (Phi) is 4.71. The Morgan fingerprint density at radius 2 is 2.16 bits per heavy atom. The van der Waals surface area contributed by atoms with Gasteiger partial charge in [0.25, 0.3) is 0 Å². The van der Waals surface area contributed by atoms with Crippen molar-refractivity contribution in [2.45, 2.75) is 64.1 Å². The van der Waals surface area contributed by atoms with E-state index in [0.29, 0.717) is 5.92 Å². The number of hydrogen-bond donors (Lipinski definition) is 2. The Morgan fingerprint density at radius 3 is 2.89 bits per heavy atom. The minimum atomic E-state index is -0.483. The fourth-order valence-corrected chi connectivity index (χ4v) is 3.68. The van der Waals surface area contributed by atoms with Crippen LogP contribution in [0.2, 0.25) is 0 Å². The molecule has 19 heavy (non-hydrogen) atoms. The molecule has 2 aliphatic carbocycles. The normalized spacial score (nSPS) is 36.8. The largest absolute Gasteiger partial charge is 0.389 e. The van der Waals surface area contributed by atoms with E-state index in [-0.39, 0.29) is 11.8 Å². The molecule has 2 fully saturated rings. The lowest BCUT2D eigenvalue weighted by Crippen LogP contribution is -2.34. The van der Waals surface area contributed by atoms with Crippen LogP contribution in [0.1, 0.15) is 52.4 Å². The number of fused-ring (bicyclic) bond motifs is 1. The molecule has 0 heterocycles. The van der Waals surface area contributed by atoms with E-state index in [1.807, 2.05) is 19.9 Å². The summed E-state index contributed by atoms with van der Waals surface area (Å²) in [5.41, 5.74) is -0.483. The molecule has 2 heteroatoms. The zero-order valence-electron chi connectivity index (χ0n) is 12.1. The Labute approximate surface area is 116 Å². The van der Waals surface area contributed by atoms with Crippen molar-refractivity contribution in [2.75, 3.05) is 0 Å². The highest BCUT2D eigenvalue weighted by Crippen LogP contribution is 2.51. The van der Waals surface area contributed by atoms with Gasteiger partial charge in [-0.05, 0) is 44.4 Å². The summed E-state index contributed by atoms with van der Waals surface area (Å²) in [5.74, 6) is 6.75. The van der Waals surface area contributed by atoms with Crippen LogP contribution in [-0.4, -0.2) is 21.9 Å². The number of aliphatic hydroxyl groups excluding tert-OH is 1. The van der Waals surface area contributed by atoms with E-state index in [2.05, 4.69) is 17.9 Å². The fraction of sp³-hybridized carbons (Fsp3) is 0.765. The molecule has 2 N–H and O–H groups in total. The molecule has 106 valence electrons. The minimum absolute atomic E-state index is 0.152. The van der Waals surface area contributed by atoms with Gasteiger partial charge in [0.1, 0.15) is 0 Å². The first kappa shape index (κ1) is 14.6. The second-order valence-corrected chi connectivity index (χ2v) is 6.25. The van der Waals surface area contributed by atoms with Crippen molar-refractivity contribution in [3.05, 3.63) is 12.2 Å². The van der Waals surface area contributed by atoms with Gasteiger partial charge in [0.05, 0.1) is 11.7 Å². The highest BCUT2D eigenvalue weighted by atomic mass is 16.3. The van der Waals surface area contributed by atoms with Crippen molar-refractivity contribution in [2.24, 2.45) is 17.8 Å². The predicted octanol–water partition coefficient (Wildman–Crippen LogP) is 2.89. The van der Waals surface area contributed by atoms with Crippen molar-refractivity contribution in [1.82, 2.24) is 0 Å². The first-order valence-corrected chi connectivity index (χ1v) is 7.56. The van der Waals surface area contributed by atoms with Gasteiger partial charge in [0.15, 0.2) is 0 Å². The van der Waals surface area contributed by atoms with Crippen LogP contribution in [-0.2, 0) is 0 Å². The molecule has 0 radical (unpaired) electrons. The SMILES string of the molecule is CC#CC[C@H](C)[C@H](O)/C=C/C1CCC2CCCC12O. The van der Waals surface area contributed by atoms with Crippen molar-refractivity contribution in [3.8, 4) is 11.8 Å². The van der Waals surface area contributed by atoms with Crippen LogP contribution in [0.5, 0.6) is 0 Å². The average Bonchev–Trinajstić information content (AvgIpc) is 2.90. The molecule has 0 bridgehead atoms. The topological polar surface area (TPSA) is 40.5 Å². The lowest BCUT2D eigenvalue weighted by atomic mass is 9.85. The lowest BCUT2D eigenvalue weighted by Gasteiger charge is -2.28. The van der Waals surface area contributed by atoms with E-state index in [4.69, 9.17) is 0 Å². The summed E-state index contributed by atoms with van der Waals surface area (Å²) in [6, 6.07) is 0. The van der Waals surface area contributed by atoms with E-state index in [9.17, 15) is 10.2 Å². The molecule has 0 aromatic carbocycles. The van der Waals surface area contributed by atoms with Crippen LogP contribution in [0, 0.1) is 29.6 Å². The summed E-state index contributed by atoms with van der Waals surface area (Å²) in [7, 11) is 0. The van der Waals surface area contributed by atoms with Crippen LogP contribution >= 0.6 is 0 Å². The first-order chi connectivity index (χ1) is 9.08. The molecule has 0 aliphatic heterocycles. The number of hydrogen-bond acceptors (Lipinski definition) is 2. The summed E-state index contributed by atoms with van der Waals surface area (Å²) < 4.78 is 0. The quantitative estimate of drug-likeness (QED) is 0.604. The maximum Gasteiger partial charge on any atom is 0.0755 e. The third-order valence-electron chi connectivity index (χ3n) is 5.03. The van der Waals surface area contributed by atoms with E-state index >= 15 is 0 Å². The molecule has 2 aliphatic rings. The van der Waals surface area contributed by atoms with Crippen LogP contribution in [0.25, 0.3) is 0 Å². The third kappa shape index (κ3) is 3.04. The molecule has 0 aromatic rings. The molecule has 0 aromatic heterocycles. The second kappa shape index (κ2) is 6.11. The van der Waals surface area contributed by atoms with E-state index in [1.54, 1.807) is 0 Å². The second-order valence-electron chi connectivity index (χ2n) is 6.25. The van der Waals surface area contributed by atoms with Gasteiger partial charge in [0, 0.05) is 12.3 Å². The lowest BCUT2D eigenvalue weighted by molar-refractivity contribution is -0.00317. The highest BCUT2D eigenvalue weighted by Gasteiger charge is 2.50. The van der Waals surface area contributed by atoms with Gasteiger partial charge in [-0.15, -0.1) is 11.8 Å². The first-order valence-electron chi connectivity index (χ1n) is 7.56. The number of aliphatic hydroxyl groups is 2. The molecule has 2 nitrogen and oxygen atoms in total. The molecule has 0 saturated heterocycles. The number of rotatable bonds is 4. The fourth-order valence-electron chi connectivity index (χ4n) is 3.68. The Balaban J connectivity index is 1.92. The van der Waals surface area contributed by atoms with Gasteiger partial charge < -0.3 is 10.2 Å². The zero-order valence-corrected chi connectivity index (χ0v) is 12.1. The Morgan fingerprint density at radius 1 is 1.37 bits per heavy atom. The van der Waals surface area contributed by atoms with Gasteiger partial charge in [-0.3, -0.25) is 0 Å². The van der Waals surface area contributed by atoms with E-state index < -0.39 is 11.7 Å². The van der Waals surface area contributed by atoms with Gasteiger partial charge in [0.2, 0.25) is 0 Å². The summed E-state index contributed by atoms with van der Waals surface area (Å²) in [4.78, 5) is 0. The monoisotopic (exact) mass is 262 g/mol. The summed E-state index contributed by atoms with van der Waals surface area (Å²) in [6.45, 7) is 3.84. The Hall–Kier alpha value is -0.780. The van der Waals surface area contributed by atoms with Gasteiger partial charge >= 0.3 is 0 Å². The van der Waals surface area contributed by atoms with E-state index in [1.165, 1.54) is 6.42 Å². The predicted molar refractivity (Wildman–Crippen MR) is 77.4 cm³/mol. The van der Waals surface area contributed by atoms with Gasteiger partial charge in [-0.2, -0.15) is 0 Å². The highest BCUT2D eigenvalue weighted by molar-refractivity contribution is 5.11. The molecular formula is C17H26O2. The molecule has 2 rings (SSSR count). The Bertz CT molecular complexity index is 390. The standard InChI is InChI=1S/C17H26O2/c1-3-4-6-13(2)16(18)11-10-15-9-8-14-7-5-12-17(14,15)19/h10-11,13-16,18-19H,5-9,12H2,1-2H3/b11-10+/t13-,14?,15?,16+,17?/m0/s1. The van der Waals surface area contributed by atoms with Crippen LogP contribution in [0.4, 0.5) is 0 Å². The van der Waals surface area contributed by atoms with Crippen molar-refractivity contribution >= 4 is 0 Å². The maximum absolute atomic E-state index is 10.7. The molecule has 5 atom stereocenters. The maximum atomic E-state index is 10.7. The molecule has 2 saturated carbocycles. The van der Waals surface area contributed by atoms with Crippen molar-refractivity contribution < 1.29 is 10.2 Å². The van der Waals surface area contributed by atoms with Gasteiger partial charge in [-0.25, -0.2) is 0 Å². The van der Waals surface area contributed by atoms with Crippen LogP contribution < -0.4 is 0 Å². The van der Waals surface area contributed by atoms with Crippen molar-refractivity contribution in [3.63, 3.8) is 0 Å². The average molecular weight is 262 g/mol. The smallest absolute Gasteiger partial charge is 0.0755 e. The zero-order chi connectivity index (χ0) is 13.9. The third-order valence-corrected chi connectivity index (χ3v) is 5.03. The summed E-state index contributed by atoms with van der Waals surface area (Å²) in [5, 5.41) is 20.8.